The first-order valence-corrected chi connectivity index (χ1v) is 14.6. The summed E-state index contributed by atoms with van der Waals surface area (Å²) in [5, 5.41) is 18.7. The molecule has 194 valence electrons. The van der Waals surface area contributed by atoms with Gasteiger partial charge in [0, 0.05) is 31.8 Å². The minimum Gasteiger partial charge on any atom is -0.278 e. The summed E-state index contributed by atoms with van der Waals surface area (Å²) in [5.74, 6) is 0.638. The highest BCUT2D eigenvalue weighted by Crippen LogP contribution is 2.41. The van der Waals surface area contributed by atoms with Crippen molar-refractivity contribution >= 4 is 75.0 Å². The van der Waals surface area contributed by atoms with Crippen molar-refractivity contribution in [2.24, 2.45) is 0 Å². The number of fused-ring (bicyclic) bond motifs is 8. The fourth-order valence-electron chi connectivity index (χ4n) is 6.23. The van der Waals surface area contributed by atoms with Crippen LogP contribution in [0.4, 0.5) is 0 Å². The van der Waals surface area contributed by atoms with Crippen LogP contribution in [0.25, 0.3) is 80.9 Å². The van der Waals surface area contributed by atoms with E-state index in [1.165, 1.54) is 37.0 Å². The summed E-state index contributed by atoms with van der Waals surface area (Å²) in [6, 6.07) is 44.4. The van der Waals surface area contributed by atoms with E-state index in [4.69, 9.17) is 9.97 Å². The predicted octanol–water partition coefficient (Wildman–Crippen LogP) is 9.79. The normalized spacial score (nSPS) is 11.8. The third-order valence-electron chi connectivity index (χ3n) is 8.21. The average molecular weight is 553 g/mol. The molecule has 0 unspecified atom stereocenters. The van der Waals surface area contributed by atoms with E-state index in [9.17, 15) is 5.26 Å². The number of rotatable bonds is 2. The fourth-order valence-corrected chi connectivity index (χ4v) is 7.30. The van der Waals surface area contributed by atoms with Gasteiger partial charge in [-0.25, -0.2) is 9.97 Å². The Labute approximate surface area is 244 Å². The van der Waals surface area contributed by atoms with Gasteiger partial charge in [0.2, 0.25) is 5.95 Å². The van der Waals surface area contributed by atoms with Gasteiger partial charge in [-0.3, -0.25) is 4.57 Å². The van der Waals surface area contributed by atoms with Crippen LogP contribution < -0.4 is 0 Å². The Hall–Kier alpha value is -5.57. The second-order valence-corrected chi connectivity index (χ2v) is 11.6. The summed E-state index contributed by atoms with van der Waals surface area (Å²) in [6.07, 6.45) is 0. The fraction of sp³-hybridized carbons (Fsp3) is 0. The van der Waals surface area contributed by atoms with Crippen molar-refractivity contribution < 1.29 is 0 Å². The number of nitrogens with zero attached hydrogens (tertiary/aromatic N) is 4. The standard InChI is InChI=1S/C37H20N4S/c38-21-22-13-15-23(16-14-22)35-34-28-11-5-6-12-33(28)42-36(34)40-37(39-35)41-31-19-26-9-3-1-7-24(26)17-29(31)30-18-25-8-2-4-10-27(25)20-32(30)41/h1-20H. The third-order valence-corrected chi connectivity index (χ3v) is 9.28. The monoisotopic (exact) mass is 552 g/mol. The van der Waals surface area contributed by atoms with Crippen LogP contribution in [-0.2, 0) is 0 Å². The molecule has 0 fully saturated rings. The van der Waals surface area contributed by atoms with E-state index < -0.39 is 0 Å². The van der Waals surface area contributed by atoms with E-state index in [1.54, 1.807) is 11.3 Å². The molecule has 0 spiro atoms. The van der Waals surface area contributed by atoms with Crippen LogP contribution in [0.15, 0.2) is 121 Å². The molecule has 0 radical (unpaired) electrons. The molecule has 9 rings (SSSR count). The van der Waals surface area contributed by atoms with Crippen molar-refractivity contribution in [3.05, 3.63) is 127 Å². The number of hydrogen-bond donors (Lipinski definition) is 0. The smallest absolute Gasteiger partial charge is 0.236 e. The van der Waals surface area contributed by atoms with Crippen molar-refractivity contribution in [3.63, 3.8) is 0 Å². The Morgan fingerprint density at radius 1 is 0.595 bits per heavy atom. The molecule has 4 nitrogen and oxygen atoms in total. The van der Waals surface area contributed by atoms with Crippen LogP contribution in [-0.4, -0.2) is 14.5 Å². The average Bonchev–Trinajstić information content (AvgIpc) is 3.57. The van der Waals surface area contributed by atoms with Gasteiger partial charge in [0.25, 0.3) is 0 Å². The second kappa shape index (κ2) is 8.71. The molecule has 42 heavy (non-hydrogen) atoms. The van der Waals surface area contributed by atoms with E-state index in [1.807, 2.05) is 24.3 Å². The number of benzene rings is 6. The van der Waals surface area contributed by atoms with Gasteiger partial charge in [-0.15, -0.1) is 11.3 Å². The lowest BCUT2D eigenvalue weighted by Gasteiger charge is -2.11. The highest BCUT2D eigenvalue weighted by atomic mass is 32.1. The lowest BCUT2D eigenvalue weighted by atomic mass is 10.0. The van der Waals surface area contributed by atoms with Crippen molar-refractivity contribution in [1.82, 2.24) is 14.5 Å². The molecule has 0 saturated heterocycles. The zero-order valence-electron chi connectivity index (χ0n) is 22.2. The molecule has 3 heterocycles. The first-order chi connectivity index (χ1) is 20.7. The van der Waals surface area contributed by atoms with E-state index >= 15 is 0 Å². The first-order valence-electron chi connectivity index (χ1n) is 13.8. The third kappa shape index (κ3) is 3.33. The highest BCUT2D eigenvalue weighted by Gasteiger charge is 2.21. The van der Waals surface area contributed by atoms with Gasteiger partial charge in [-0.1, -0.05) is 78.9 Å². The summed E-state index contributed by atoms with van der Waals surface area (Å²) in [5.41, 5.74) is 4.60. The molecule has 0 saturated carbocycles. The largest absolute Gasteiger partial charge is 0.278 e. The predicted molar refractivity (Wildman–Crippen MR) is 174 cm³/mol. The minimum atomic E-state index is 0.626. The second-order valence-electron chi connectivity index (χ2n) is 10.6. The molecule has 9 aromatic rings. The van der Waals surface area contributed by atoms with Crippen molar-refractivity contribution in [3.8, 4) is 23.3 Å². The van der Waals surface area contributed by atoms with Crippen LogP contribution in [0, 0.1) is 11.3 Å². The van der Waals surface area contributed by atoms with Gasteiger partial charge in [-0.2, -0.15) is 5.26 Å². The van der Waals surface area contributed by atoms with Crippen LogP contribution in [0.5, 0.6) is 0 Å². The van der Waals surface area contributed by atoms with Gasteiger partial charge >= 0.3 is 0 Å². The lowest BCUT2D eigenvalue weighted by Crippen LogP contribution is -2.02. The Balaban J connectivity index is 1.45. The summed E-state index contributed by atoms with van der Waals surface area (Å²) in [7, 11) is 0. The van der Waals surface area contributed by atoms with E-state index in [2.05, 4.69) is 108 Å². The number of nitriles is 1. The molecular formula is C37H20N4S. The van der Waals surface area contributed by atoms with E-state index in [0.717, 1.165) is 37.9 Å². The zero-order chi connectivity index (χ0) is 27.8. The molecule has 0 N–H and O–H groups in total. The molecule has 6 aromatic carbocycles. The van der Waals surface area contributed by atoms with Gasteiger partial charge in [0.15, 0.2) is 0 Å². The Morgan fingerprint density at radius 3 is 1.79 bits per heavy atom. The number of aromatic nitrogens is 3. The van der Waals surface area contributed by atoms with Gasteiger partial charge in [0.1, 0.15) is 4.83 Å². The molecule has 0 atom stereocenters. The van der Waals surface area contributed by atoms with Crippen LogP contribution in [0.2, 0.25) is 0 Å². The van der Waals surface area contributed by atoms with E-state index in [-0.39, 0.29) is 0 Å². The summed E-state index contributed by atoms with van der Waals surface area (Å²) >= 11 is 1.69. The van der Waals surface area contributed by atoms with Crippen LogP contribution >= 0.6 is 11.3 Å². The Morgan fingerprint density at radius 2 is 1.17 bits per heavy atom. The number of thiophene rings is 1. The van der Waals surface area contributed by atoms with Crippen LogP contribution in [0.1, 0.15) is 5.56 Å². The van der Waals surface area contributed by atoms with Crippen molar-refractivity contribution in [1.29, 1.82) is 5.26 Å². The SMILES string of the molecule is N#Cc1ccc(-c2nc(-n3c4cc5ccccc5cc4c4cc5ccccc5cc43)nc3sc4ccccc4c23)cc1. The molecule has 0 amide bonds. The lowest BCUT2D eigenvalue weighted by molar-refractivity contribution is 1.02. The zero-order valence-corrected chi connectivity index (χ0v) is 23.1. The maximum absolute atomic E-state index is 9.42. The maximum Gasteiger partial charge on any atom is 0.236 e. The highest BCUT2D eigenvalue weighted by molar-refractivity contribution is 7.25. The number of hydrogen-bond acceptors (Lipinski definition) is 4. The van der Waals surface area contributed by atoms with Crippen molar-refractivity contribution in [2.45, 2.75) is 0 Å². The minimum absolute atomic E-state index is 0.626. The molecule has 3 aromatic heterocycles. The molecule has 0 bridgehead atoms. The molecular weight excluding hydrogens is 533 g/mol. The summed E-state index contributed by atoms with van der Waals surface area (Å²) < 4.78 is 3.40. The Kier molecular flexibility index (Phi) is 4.81. The topological polar surface area (TPSA) is 54.5 Å². The quantitative estimate of drug-likeness (QED) is 0.214. The molecule has 0 aliphatic rings. The van der Waals surface area contributed by atoms with Crippen LogP contribution in [0.3, 0.4) is 0 Å². The maximum atomic E-state index is 9.42. The van der Waals surface area contributed by atoms with Crippen molar-refractivity contribution in [2.75, 3.05) is 0 Å². The Bertz CT molecular complexity index is 2490. The van der Waals surface area contributed by atoms with Gasteiger partial charge in [-0.05, 0) is 64.0 Å². The molecule has 5 heteroatoms. The summed E-state index contributed by atoms with van der Waals surface area (Å²) in [6.45, 7) is 0. The van der Waals surface area contributed by atoms with Gasteiger partial charge in [0.05, 0.1) is 28.4 Å². The van der Waals surface area contributed by atoms with E-state index in [0.29, 0.717) is 11.5 Å². The molecule has 0 aliphatic carbocycles. The summed E-state index contributed by atoms with van der Waals surface area (Å²) in [4.78, 5) is 11.5. The van der Waals surface area contributed by atoms with Gasteiger partial charge < -0.3 is 0 Å². The first kappa shape index (κ1) is 23.2. The molecule has 0 aliphatic heterocycles.